The molecule has 0 spiro atoms. The number of rotatable bonds is 7. The van der Waals surface area contributed by atoms with E-state index in [1.165, 1.54) is 44.1 Å². The van der Waals surface area contributed by atoms with Gasteiger partial charge in [-0.1, -0.05) is 77.3 Å². The second-order valence-corrected chi connectivity index (χ2v) is 8.86. The van der Waals surface area contributed by atoms with Crippen LogP contribution >= 0.6 is 34.9 Å². The van der Waals surface area contributed by atoms with E-state index in [-0.39, 0.29) is 11.7 Å². The molecule has 4 aromatic rings. The molecular formula is C17H15N7OS3. The van der Waals surface area contributed by atoms with Crippen LogP contribution in [0.25, 0.3) is 10.8 Å². The van der Waals surface area contributed by atoms with Crippen LogP contribution in [0.2, 0.25) is 0 Å². The van der Waals surface area contributed by atoms with Crippen LogP contribution < -0.4 is 5.32 Å². The van der Waals surface area contributed by atoms with Gasteiger partial charge >= 0.3 is 0 Å². The van der Waals surface area contributed by atoms with Gasteiger partial charge < -0.3 is 0 Å². The zero-order chi connectivity index (χ0) is 19.3. The van der Waals surface area contributed by atoms with Gasteiger partial charge in [0.25, 0.3) is 0 Å². The first-order chi connectivity index (χ1) is 13.7. The standard InChI is InChI=1S/C17H15N7OS3/c1-24-16(20-22-23-24)26-10-14(25)18-15-19-21-17(28-15)27-9-12-7-4-6-11-5-2-3-8-13(11)12/h2-8H,9-10H2,1H3,(H,18,19,25). The number of carbonyl (C=O) groups excluding carboxylic acids is 1. The lowest BCUT2D eigenvalue weighted by Gasteiger charge is -2.04. The first-order valence-corrected chi connectivity index (χ1v) is 11.1. The van der Waals surface area contributed by atoms with Crippen molar-refractivity contribution >= 4 is 56.7 Å². The quantitative estimate of drug-likeness (QED) is 0.353. The van der Waals surface area contributed by atoms with Crippen molar-refractivity contribution in [2.24, 2.45) is 7.05 Å². The normalized spacial score (nSPS) is 11.0. The maximum atomic E-state index is 12.1. The highest BCUT2D eigenvalue weighted by Gasteiger charge is 2.12. The summed E-state index contributed by atoms with van der Waals surface area (Å²) < 4.78 is 2.33. The van der Waals surface area contributed by atoms with Crippen molar-refractivity contribution in [1.29, 1.82) is 0 Å². The fourth-order valence-electron chi connectivity index (χ4n) is 2.51. The summed E-state index contributed by atoms with van der Waals surface area (Å²) in [5.41, 5.74) is 1.25. The Hall–Kier alpha value is -2.50. The predicted molar refractivity (Wildman–Crippen MR) is 112 cm³/mol. The molecule has 1 N–H and O–H groups in total. The van der Waals surface area contributed by atoms with Gasteiger partial charge in [-0.2, -0.15) is 0 Å². The van der Waals surface area contributed by atoms with E-state index in [1.54, 1.807) is 18.8 Å². The van der Waals surface area contributed by atoms with Crippen LogP contribution in [0.1, 0.15) is 5.56 Å². The Morgan fingerprint density at radius 1 is 1.11 bits per heavy atom. The molecule has 0 atom stereocenters. The minimum absolute atomic E-state index is 0.172. The van der Waals surface area contributed by atoms with Crippen LogP contribution in [0.3, 0.4) is 0 Å². The second-order valence-electron chi connectivity index (χ2n) is 5.72. The highest BCUT2D eigenvalue weighted by Crippen LogP contribution is 2.30. The third kappa shape index (κ3) is 4.49. The smallest absolute Gasteiger partial charge is 0.236 e. The van der Waals surface area contributed by atoms with Gasteiger partial charge in [0.15, 0.2) is 4.34 Å². The molecule has 0 radical (unpaired) electrons. The average Bonchev–Trinajstić information content (AvgIpc) is 3.33. The summed E-state index contributed by atoms with van der Waals surface area (Å²) in [5.74, 6) is 0.820. The lowest BCUT2D eigenvalue weighted by molar-refractivity contribution is -0.113. The molecule has 2 heterocycles. The number of amides is 1. The number of aromatic nitrogens is 6. The molecule has 2 aromatic heterocycles. The zero-order valence-electron chi connectivity index (χ0n) is 14.8. The number of fused-ring (bicyclic) bond motifs is 1. The fourth-order valence-corrected chi connectivity index (χ4v) is 4.93. The number of carbonyl (C=O) groups is 1. The SMILES string of the molecule is Cn1nnnc1SCC(=O)Nc1nnc(SCc2cccc3ccccc23)s1. The lowest BCUT2D eigenvalue weighted by atomic mass is 10.1. The third-order valence-electron chi connectivity index (χ3n) is 3.80. The third-order valence-corrected chi connectivity index (χ3v) is 6.83. The maximum Gasteiger partial charge on any atom is 0.236 e. The van der Waals surface area contributed by atoms with E-state index in [9.17, 15) is 4.79 Å². The largest absolute Gasteiger partial charge is 0.300 e. The van der Waals surface area contributed by atoms with Crippen molar-refractivity contribution < 1.29 is 4.79 Å². The molecule has 0 aliphatic heterocycles. The van der Waals surface area contributed by atoms with Gasteiger partial charge in [0.1, 0.15) is 0 Å². The fraction of sp³-hybridized carbons (Fsp3) is 0.176. The van der Waals surface area contributed by atoms with Crippen molar-refractivity contribution in [3.05, 3.63) is 48.0 Å². The topological polar surface area (TPSA) is 98.5 Å². The van der Waals surface area contributed by atoms with E-state index in [1.807, 2.05) is 12.1 Å². The molecule has 0 aliphatic carbocycles. The van der Waals surface area contributed by atoms with Crippen molar-refractivity contribution in [2.45, 2.75) is 15.2 Å². The minimum atomic E-state index is -0.172. The van der Waals surface area contributed by atoms with E-state index in [0.717, 1.165) is 10.1 Å². The van der Waals surface area contributed by atoms with E-state index < -0.39 is 0 Å². The number of aryl methyl sites for hydroxylation is 1. The summed E-state index contributed by atoms with van der Waals surface area (Å²) in [6, 6.07) is 14.6. The Bertz CT molecular complexity index is 1110. The van der Waals surface area contributed by atoms with Gasteiger partial charge in [0, 0.05) is 12.8 Å². The molecule has 0 bridgehead atoms. The second kappa shape index (κ2) is 8.67. The van der Waals surface area contributed by atoms with Crippen LogP contribution in [-0.2, 0) is 17.6 Å². The number of benzene rings is 2. The molecule has 4 rings (SSSR count). The number of hydrogen-bond acceptors (Lipinski definition) is 9. The summed E-state index contributed by atoms with van der Waals surface area (Å²) in [6.45, 7) is 0. The Labute approximate surface area is 173 Å². The van der Waals surface area contributed by atoms with Crippen molar-refractivity contribution in [1.82, 2.24) is 30.4 Å². The first kappa shape index (κ1) is 18.8. The molecular weight excluding hydrogens is 414 g/mol. The van der Waals surface area contributed by atoms with Gasteiger partial charge in [-0.25, -0.2) is 4.68 Å². The number of nitrogens with one attached hydrogen (secondary N) is 1. The predicted octanol–water partition coefficient (Wildman–Crippen LogP) is 3.24. The van der Waals surface area contributed by atoms with Crippen molar-refractivity contribution in [3.8, 4) is 0 Å². The number of anilines is 1. The molecule has 28 heavy (non-hydrogen) atoms. The molecule has 0 fully saturated rings. The summed E-state index contributed by atoms with van der Waals surface area (Å²) in [4.78, 5) is 12.1. The molecule has 11 heteroatoms. The number of tetrazole rings is 1. The van der Waals surface area contributed by atoms with Gasteiger partial charge in [-0.05, 0) is 26.8 Å². The molecule has 0 aliphatic rings. The summed E-state index contributed by atoms with van der Waals surface area (Å²) in [6.07, 6.45) is 0. The van der Waals surface area contributed by atoms with Gasteiger partial charge in [-0.15, -0.1) is 15.3 Å². The van der Waals surface area contributed by atoms with Crippen molar-refractivity contribution in [2.75, 3.05) is 11.1 Å². The molecule has 0 unspecified atom stereocenters. The van der Waals surface area contributed by atoms with Crippen LogP contribution in [0.15, 0.2) is 52.0 Å². The van der Waals surface area contributed by atoms with E-state index in [0.29, 0.717) is 10.3 Å². The van der Waals surface area contributed by atoms with Crippen LogP contribution in [0.4, 0.5) is 5.13 Å². The molecule has 8 nitrogen and oxygen atoms in total. The van der Waals surface area contributed by atoms with Gasteiger partial charge in [0.2, 0.25) is 16.2 Å². The summed E-state index contributed by atoms with van der Waals surface area (Å²) in [7, 11) is 1.73. The van der Waals surface area contributed by atoms with Crippen molar-refractivity contribution in [3.63, 3.8) is 0 Å². The molecule has 0 saturated heterocycles. The Morgan fingerprint density at radius 3 is 2.82 bits per heavy atom. The molecule has 1 amide bonds. The van der Waals surface area contributed by atoms with Crippen LogP contribution in [-0.4, -0.2) is 42.1 Å². The molecule has 0 saturated carbocycles. The highest BCUT2D eigenvalue weighted by atomic mass is 32.2. The van der Waals surface area contributed by atoms with E-state index in [2.05, 4.69) is 61.4 Å². The van der Waals surface area contributed by atoms with Crippen LogP contribution in [0, 0.1) is 0 Å². The van der Waals surface area contributed by atoms with Gasteiger partial charge in [0.05, 0.1) is 5.75 Å². The lowest BCUT2D eigenvalue weighted by Crippen LogP contribution is -2.14. The number of nitrogens with zero attached hydrogens (tertiary/aromatic N) is 6. The number of hydrogen-bond donors (Lipinski definition) is 1. The van der Waals surface area contributed by atoms with E-state index >= 15 is 0 Å². The Balaban J connectivity index is 1.33. The molecule has 2 aromatic carbocycles. The van der Waals surface area contributed by atoms with E-state index in [4.69, 9.17) is 0 Å². The Morgan fingerprint density at radius 2 is 1.96 bits per heavy atom. The van der Waals surface area contributed by atoms with Crippen LogP contribution in [0.5, 0.6) is 0 Å². The average molecular weight is 430 g/mol. The number of thioether (sulfide) groups is 2. The van der Waals surface area contributed by atoms with Gasteiger partial charge in [-0.3, -0.25) is 10.1 Å². The monoisotopic (exact) mass is 429 g/mol. The minimum Gasteiger partial charge on any atom is -0.300 e. The summed E-state index contributed by atoms with van der Waals surface area (Å²) in [5, 5.41) is 25.6. The first-order valence-electron chi connectivity index (χ1n) is 8.27. The maximum absolute atomic E-state index is 12.1. The highest BCUT2D eigenvalue weighted by molar-refractivity contribution is 8.00. The molecule has 142 valence electrons. The zero-order valence-corrected chi connectivity index (χ0v) is 17.2. The summed E-state index contributed by atoms with van der Waals surface area (Å²) >= 11 is 4.24. The Kier molecular flexibility index (Phi) is 5.84.